The number of ether oxygens (including phenoxy) is 2. The number of aliphatic hydroxyl groups is 1. The number of hydrogen-bond donors (Lipinski definition) is 1. The van der Waals surface area contributed by atoms with Gasteiger partial charge in [-0.1, -0.05) is 0 Å². The molecule has 0 bridgehead atoms. The Morgan fingerprint density at radius 1 is 0.765 bits per heavy atom. The molecule has 1 N–H and O–H groups in total. The highest BCUT2D eigenvalue weighted by Crippen LogP contribution is 2.51. The molecule has 2 saturated heterocycles. The highest BCUT2D eigenvalue weighted by atomic mass is 16.5. The first-order valence-electron chi connectivity index (χ1n) is 7.15. The molecule has 3 aliphatic rings. The average molecular weight is 240 g/mol. The van der Waals surface area contributed by atoms with Crippen LogP contribution in [0.2, 0.25) is 0 Å². The smallest absolute Gasteiger partial charge is 0.0550 e. The summed E-state index contributed by atoms with van der Waals surface area (Å²) >= 11 is 0. The fourth-order valence-electron chi connectivity index (χ4n) is 4.07. The van der Waals surface area contributed by atoms with Crippen LogP contribution >= 0.6 is 0 Å². The minimum atomic E-state index is -0.0426. The van der Waals surface area contributed by atoms with Crippen molar-refractivity contribution in [1.82, 2.24) is 0 Å². The summed E-state index contributed by atoms with van der Waals surface area (Å²) in [6.07, 6.45) is 6.76. The summed E-state index contributed by atoms with van der Waals surface area (Å²) in [7, 11) is 0. The normalized spacial score (nSPS) is 38.6. The van der Waals surface area contributed by atoms with Crippen LogP contribution in [0.25, 0.3) is 0 Å². The highest BCUT2D eigenvalue weighted by molar-refractivity contribution is 4.99. The van der Waals surface area contributed by atoms with Crippen LogP contribution in [-0.4, -0.2) is 37.6 Å². The first kappa shape index (κ1) is 11.9. The monoisotopic (exact) mass is 240 g/mol. The molecule has 3 rings (SSSR count). The van der Waals surface area contributed by atoms with Gasteiger partial charge in [-0.15, -0.1) is 0 Å². The maximum atomic E-state index is 9.64. The van der Waals surface area contributed by atoms with Gasteiger partial charge in [0.25, 0.3) is 0 Å². The fraction of sp³-hybridized carbons (Fsp3) is 1.00. The van der Waals surface area contributed by atoms with Crippen LogP contribution in [-0.2, 0) is 9.47 Å². The summed E-state index contributed by atoms with van der Waals surface area (Å²) in [5.41, 5.74) is 0.434. The summed E-state index contributed by atoms with van der Waals surface area (Å²) in [6.45, 7) is 3.78. The predicted molar refractivity (Wildman–Crippen MR) is 64.8 cm³/mol. The van der Waals surface area contributed by atoms with Crippen molar-refractivity contribution in [3.05, 3.63) is 0 Å². The molecule has 2 aliphatic heterocycles. The second kappa shape index (κ2) is 4.87. The van der Waals surface area contributed by atoms with E-state index < -0.39 is 0 Å². The van der Waals surface area contributed by atoms with Gasteiger partial charge in [-0.05, 0) is 50.4 Å². The van der Waals surface area contributed by atoms with Gasteiger partial charge in [-0.25, -0.2) is 0 Å². The zero-order chi connectivity index (χ0) is 11.7. The third-order valence-corrected chi connectivity index (χ3v) is 5.29. The van der Waals surface area contributed by atoms with Crippen molar-refractivity contribution in [2.45, 2.75) is 44.6 Å². The number of aliphatic hydroxyl groups excluding tert-OH is 1. The molecule has 3 fully saturated rings. The maximum absolute atomic E-state index is 9.64. The van der Waals surface area contributed by atoms with Crippen LogP contribution in [0, 0.1) is 17.3 Å². The Kier molecular flexibility index (Phi) is 3.42. The van der Waals surface area contributed by atoms with Gasteiger partial charge < -0.3 is 14.6 Å². The highest BCUT2D eigenvalue weighted by Gasteiger charge is 2.51. The van der Waals surface area contributed by atoms with Crippen molar-refractivity contribution in [2.24, 2.45) is 17.3 Å². The van der Waals surface area contributed by atoms with E-state index in [0.717, 1.165) is 51.1 Å². The van der Waals surface area contributed by atoms with Gasteiger partial charge >= 0.3 is 0 Å². The molecule has 3 nitrogen and oxygen atoms in total. The van der Waals surface area contributed by atoms with Crippen LogP contribution in [0.5, 0.6) is 0 Å². The van der Waals surface area contributed by atoms with E-state index in [2.05, 4.69) is 0 Å². The van der Waals surface area contributed by atoms with Crippen molar-refractivity contribution >= 4 is 0 Å². The van der Waals surface area contributed by atoms with E-state index in [0.29, 0.717) is 5.41 Å². The molecular formula is C14H24O3. The van der Waals surface area contributed by atoms with Crippen LogP contribution in [0.3, 0.4) is 0 Å². The number of hydrogen-bond acceptors (Lipinski definition) is 3. The lowest BCUT2D eigenvalue weighted by Gasteiger charge is -2.54. The predicted octanol–water partition coefficient (Wildman–Crippen LogP) is 1.98. The molecule has 1 saturated carbocycles. The van der Waals surface area contributed by atoms with E-state index in [1.54, 1.807) is 0 Å². The van der Waals surface area contributed by atoms with E-state index in [1.165, 1.54) is 25.7 Å². The van der Waals surface area contributed by atoms with Crippen LogP contribution in [0.15, 0.2) is 0 Å². The van der Waals surface area contributed by atoms with Gasteiger partial charge in [-0.2, -0.15) is 0 Å². The van der Waals surface area contributed by atoms with Gasteiger partial charge in [-0.3, -0.25) is 0 Å². The lowest BCUT2D eigenvalue weighted by Crippen LogP contribution is -2.55. The topological polar surface area (TPSA) is 38.7 Å². The molecule has 0 aromatic heterocycles. The molecule has 1 aliphatic carbocycles. The van der Waals surface area contributed by atoms with Crippen molar-refractivity contribution in [1.29, 1.82) is 0 Å². The second-order valence-electron chi connectivity index (χ2n) is 6.12. The lowest BCUT2D eigenvalue weighted by molar-refractivity contribution is -0.200. The average Bonchev–Trinajstić information content (AvgIpc) is 2.32. The van der Waals surface area contributed by atoms with Gasteiger partial charge in [0.1, 0.15) is 0 Å². The summed E-state index contributed by atoms with van der Waals surface area (Å²) in [5.74, 6) is 1.58. The molecule has 2 heterocycles. The molecule has 0 atom stereocenters. The van der Waals surface area contributed by atoms with E-state index in [1.807, 2.05) is 0 Å². The molecule has 98 valence electrons. The molecule has 17 heavy (non-hydrogen) atoms. The van der Waals surface area contributed by atoms with Crippen LogP contribution in [0.1, 0.15) is 38.5 Å². The van der Waals surface area contributed by atoms with Gasteiger partial charge in [0.2, 0.25) is 0 Å². The molecule has 3 heteroatoms. The van der Waals surface area contributed by atoms with Gasteiger partial charge in [0.15, 0.2) is 0 Å². The van der Waals surface area contributed by atoms with Crippen LogP contribution < -0.4 is 0 Å². The molecule has 0 amide bonds. The molecule has 0 aromatic rings. The summed E-state index contributed by atoms with van der Waals surface area (Å²) < 4.78 is 11.1. The SMILES string of the molecule is OC1CCC(C2(C3CCOCC3)COC2)CC1. The zero-order valence-corrected chi connectivity index (χ0v) is 10.6. The molecule has 0 radical (unpaired) electrons. The third-order valence-electron chi connectivity index (χ3n) is 5.29. The van der Waals surface area contributed by atoms with E-state index in [-0.39, 0.29) is 6.10 Å². The zero-order valence-electron chi connectivity index (χ0n) is 10.6. The Morgan fingerprint density at radius 3 is 1.88 bits per heavy atom. The summed E-state index contributed by atoms with van der Waals surface area (Å²) in [5, 5.41) is 9.64. The quantitative estimate of drug-likeness (QED) is 0.802. The van der Waals surface area contributed by atoms with Crippen LogP contribution in [0.4, 0.5) is 0 Å². The Bertz CT molecular complexity index is 248. The van der Waals surface area contributed by atoms with E-state index >= 15 is 0 Å². The van der Waals surface area contributed by atoms with E-state index in [9.17, 15) is 5.11 Å². The first-order chi connectivity index (χ1) is 8.31. The lowest BCUT2D eigenvalue weighted by atomic mass is 9.59. The minimum absolute atomic E-state index is 0.0426. The molecule has 0 aromatic carbocycles. The first-order valence-corrected chi connectivity index (χ1v) is 7.15. The van der Waals surface area contributed by atoms with Gasteiger partial charge in [0.05, 0.1) is 19.3 Å². The summed E-state index contributed by atoms with van der Waals surface area (Å²) in [4.78, 5) is 0. The Balaban J connectivity index is 1.68. The van der Waals surface area contributed by atoms with Crippen molar-refractivity contribution in [3.63, 3.8) is 0 Å². The Labute approximate surface area is 103 Å². The minimum Gasteiger partial charge on any atom is -0.393 e. The standard InChI is InChI=1S/C14H24O3/c15-13-3-1-11(2-4-13)14(9-17-10-14)12-5-7-16-8-6-12/h11-13,15H,1-10H2. The molecular weight excluding hydrogens is 216 g/mol. The van der Waals surface area contributed by atoms with Crippen molar-refractivity contribution in [2.75, 3.05) is 26.4 Å². The van der Waals surface area contributed by atoms with Gasteiger partial charge in [0, 0.05) is 18.6 Å². The second-order valence-corrected chi connectivity index (χ2v) is 6.12. The van der Waals surface area contributed by atoms with Crippen molar-refractivity contribution in [3.8, 4) is 0 Å². The maximum Gasteiger partial charge on any atom is 0.0550 e. The summed E-state index contributed by atoms with van der Waals surface area (Å²) in [6, 6.07) is 0. The molecule has 0 unspecified atom stereocenters. The largest absolute Gasteiger partial charge is 0.393 e. The Hall–Kier alpha value is -0.120. The van der Waals surface area contributed by atoms with Crippen molar-refractivity contribution < 1.29 is 14.6 Å². The molecule has 0 spiro atoms. The fourth-order valence-corrected chi connectivity index (χ4v) is 4.07. The third kappa shape index (κ3) is 2.13. The van der Waals surface area contributed by atoms with E-state index in [4.69, 9.17) is 9.47 Å². The number of rotatable bonds is 2. The Morgan fingerprint density at radius 2 is 1.35 bits per heavy atom.